The van der Waals surface area contributed by atoms with Crippen LogP contribution in [0.25, 0.3) is 0 Å². The second-order valence-corrected chi connectivity index (χ2v) is 10.1. The molecule has 7 nitrogen and oxygen atoms in total. The summed E-state index contributed by atoms with van der Waals surface area (Å²) < 4.78 is 18.2. The Kier molecular flexibility index (Phi) is 6.81. The fraction of sp³-hybridized carbons (Fsp3) is 0.259. The van der Waals surface area contributed by atoms with Gasteiger partial charge in [0.2, 0.25) is 0 Å². The molecule has 0 spiro atoms. The normalized spacial score (nSPS) is 19.7. The molecule has 1 N–H and O–H groups in total. The lowest BCUT2D eigenvalue weighted by Gasteiger charge is -2.38. The van der Waals surface area contributed by atoms with Crippen LogP contribution in [0.2, 0.25) is 5.02 Å². The molecule has 9 heteroatoms. The molecular weight excluding hydrogens is 548 g/mol. The van der Waals surface area contributed by atoms with Crippen LogP contribution in [-0.4, -0.2) is 19.1 Å². The van der Waals surface area contributed by atoms with E-state index >= 15 is 0 Å². The number of rotatable bonds is 7. The number of nitro groups is 1. The van der Waals surface area contributed by atoms with Crippen LogP contribution in [0.5, 0.6) is 17.2 Å². The number of non-ortho nitro benzene ring substituents is 1. The predicted octanol–water partition coefficient (Wildman–Crippen LogP) is 7.43. The number of benzene rings is 3. The van der Waals surface area contributed by atoms with Crippen molar-refractivity contribution in [3.8, 4) is 17.2 Å². The second kappa shape index (κ2) is 10.0. The van der Waals surface area contributed by atoms with Crippen LogP contribution >= 0.6 is 27.5 Å². The van der Waals surface area contributed by atoms with Gasteiger partial charge in [-0.3, -0.25) is 10.1 Å². The minimum Gasteiger partial charge on any atom is -0.494 e. The van der Waals surface area contributed by atoms with Gasteiger partial charge in [-0.2, -0.15) is 0 Å². The topological polar surface area (TPSA) is 82.9 Å². The highest BCUT2D eigenvalue weighted by Gasteiger charge is 2.40. The number of allylic oxidation sites excluding steroid dienone is 2. The minimum absolute atomic E-state index is 0.0245. The van der Waals surface area contributed by atoms with E-state index in [4.69, 9.17) is 25.8 Å². The number of methoxy groups -OCH3 is 2. The Balaban J connectivity index is 1.49. The fourth-order valence-electron chi connectivity index (χ4n) is 5.04. The lowest BCUT2D eigenvalue weighted by molar-refractivity contribution is -0.385. The summed E-state index contributed by atoms with van der Waals surface area (Å²) in [6, 6.07) is 14.6. The zero-order chi connectivity index (χ0) is 25.4. The molecule has 0 amide bonds. The summed E-state index contributed by atoms with van der Waals surface area (Å²) >= 11 is 9.67. The number of nitro benzene ring substituents is 1. The molecule has 3 atom stereocenters. The van der Waals surface area contributed by atoms with Crippen LogP contribution in [0.1, 0.15) is 35.1 Å². The molecule has 0 fully saturated rings. The fourth-order valence-corrected chi connectivity index (χ4v) is 5.74. The monoisotopic (exact) mass is 570 g/mol. The molecule has 0 saturated carbocycles. The van der Waals surface area contributed by atoms with Crippen molar-refractivity contribution >= 4 is 38.9 Å². The summed E-state index contributed by atoms with van der Waals surface area (Å²) in [5.41, 5.74) is 3.69. The highest BCUT2D eigenvalue weighted by Crippen LogP contribution is 2.54. The zero-order valence-corrected chi connectivity index (χ0v) is 22.0. The van der Waals surface area contributed by atoms with Gasteiger partial charge in [-0.25, -0.2) is 0 Å². The average molecular weight is 572 g/mol. The van der Waals surface area contributed by atoms with E-state index in [0.717, 1.165) is 33.3 Å². The molecule has 0 unspecified atom stereocenters. The van der Waals surface area contributed by atoms with Crippen LogP contribution in [0.3, 0.4) is 0 Å². The first-order valence-electron chi connectivity index (χ1n) is 11.4. The Hall–Kier alpha value is -3.23. The van der Waals surface area contributed by atoms with Crippen molar-refractivity contribution in [1.29, 1.82) is 0 Å². The maximum atomic E-state index is 11.5. The third-order valence-electron chi connectivity index (χ3n) is 6.76. The zero-order valence-electron chi connectivity index (χ0n) is 19.7. The number of anilines is 1. The van der Waals surface area contributed by atoms with Gasteiger partial charge < -0.3 is 19.5 Å². The minimum atomic E-state index is -0.382. The number of ether oxygens (including phenoxy) is 3. The van der Waals surface area contributed by atoms with Crippen LogP contribution in [-0.2, 0) is 6.61 Å². The van der Waals surface area contributed by atoms with Crippen LogP contribution < -0.4 is 19.5 Å². The first kappa shape index (κ1) is 24.5. The van der Waals surface area contributed by atoms with Gasteiger partial charge in [0.25, 0.3) is 5.69 Å². The van der Waals surface area contributed by atoms with Crippen molar-refractivity contribution in [2.75, 3.05) is 19.5 Å². The van der Waals surface area contributed by atoms with E-state index in [1.165, 1.54) is 13.2 Å². The summed E-state index contributed by atoms with van der Waals surface area (Å²) in [7, 11) is 3.14. The summed E-state index contributed by atoms with van der Waals surface area (Å²) in [5, 5.41) is 15.8. The van der Waals surface area contributed by atoms with Gasteiger partial charge in [0, 0.05) is 17.0 Å². The van der Waals surface area contributed by atoms with Gasteiger partial charge in [0.05, 0.1) is 41.4 Å². The Morgan fingerprint density at radius 2 is 1.86 bits per heavy atom. The van der Waals surface area contributed by atoms with Crippen LogP contribution in [0, 0.1) is 16.0 Å². The van der Waals surface area contributed by atoms with E-state index in [9.17, 15) is 10.1 Å². The molecule has 5 rings (SSSR count). The van der Waals surface area contributed by atoms with Crippen molar-refractivity contribution in [3.63, 3.8) is 0 Å². The van der Waals surface area contributed by atoms with Crippen molar-refractivity contribution < 1.29 is 19.1 Å². The van der Waals surface area contributed by atoms with E-state index in [-0.39, 0.29) is 28.5 Å². The van der Waals surface area contributed by atoms with Gasteiger partial charge >= 0.3 is 0 Å². The summed E-state index contributed by atoms with van der Waals surface area (Å²) in [6.07, 6.45) is 5.12. The van der Waals surface area contributed by atoms with Crippen molar-refractivity contribution in [1.82, 2.24) is 0 Å². The van der Waals surface area contributed by atoms with E-state index in [0.29, 0.717) is 28.9 Å². The molecule has 1 heterocycles. The molecule has 1 aliphatic heterocycles. The number of hydrogen-bond donors (Lipinski definition) is 1. The Morgan fingerprint density at radius 1 is 1.11 bits per heavy atom. The third kappa shape index (κ3) is 4.51. The molecule has 3 aromatic carbocycles. The number of halogens is 2. The van der Waals surface area contributed by atoms with Gasteiger partial charge in [-0.15, -0.1) is 0 Å². The highest BCUT2D eigenvalue weighted by molar-refractivity contribution is 9.10. The first-order valence-corrected chi connectivity index (χ1v) is 12.6. The molecule has 0 radical (unpaired) electrons. The summed E-state index contributed by atoms with van der Waals surface area (Å²) in [5.74, 6) is 1.89. The van der Waals surface area contributed by atoms with Crippen molar-refractivity contribution in [2.45, 2.75) is 25.0 Å². The highest BCUT2D eigenvalue weighted by atomic mass is 79.9. The average Bonchev–Trinajstić information content (AvgIpc) is 3.37. The number of hydrogen-bond acceptors (Lipinski definition) is 6. The first-order chi connectivity index (χ1) is 17.4. The number of nitrogens with zero attached hydrogens (tertiary/aromatic N) is 1. The van der Waals surface area contributed by atoms with E-state index in [1.807, 2.05) is 36.4 Å². The number of fused-ring (bicyclic) bond motifs is 3. The van der Waals surface area contributed by atoms with Crippen LogP contribution in [0.4, 0.5) is 11.4 Å². The number of nitrogens with one attached hydrogen (secondary N) is 1. The van der Waals surface area contributed by atoms with Gasteiger partial charge in [-0.05, 0) is 69.2 Å². The molecule has 0 aromatic heterocycles. The maximum absolute atomic E-state index is 11.5. The Morgan fingerprint density at radius 3 is 2.56 bits per heavy atom. The lowest BCUT2D eigenvalue weighted by Crippen LogP contribution is -2.29. The Labute approximate surface area is 222 Å². The second-order valence-electron chi connectivity index (χ2n) is 8.79. The van der Waals surface area contributed by atoms with E-state index < -0.39 is 0 Å². The lowest BCUT2D eigenvalue weighted by atomic mass is 9.76. The molecule has 0 bridgehead atoms. The molecule has 36 heavy (non-hydrogen) atoms. The molecule has 186 valence electrons. The molecule has 0 saturated heterocycles. The van der Waals surface area contributed by atoms with Crippen molar-refractivity contribution in [2.24, 2.45) is 5.92 Å². The maximum Gasteiger partial charge on any atom is 0.273 e. The molecule has 1 aliphatic carbocycles. The SMILES string of the molecule is COc1cc([N+](=O)[O-])cc2c1N[C@H](c1cc(Br)c(OCc3ccc(Cl)cc3)c(OC)c1)[C@@H]1CC=C[C@H]21. The smallest absolute Gasteiger partial charge is 0.273 e. The van der Waals surface area contributed by atoms with Crippen molar-refractivity contribution in [3.05, 3.63) is 97.0 Å². The third-order valence-corrected chi connectivity index (χ3v) is 7.60. The van der Waals surface area contributed by atoms with Crippen LogP contribution in [0.15, 0.2) is 65.2 Å². The summed E-state index contributed by atoms with van der Waals surface area (Å²) in [4.78, 5) is 11.1. The Bertz CT molecular complexity index is 1340. The summed E-state index contributed by atoms with van der Waals surface area (Å²) in [6.45, 7) is 0.366. The quantitative estimate of drug-likeness (QED) is 0.180. The predicted molar refractivity (Wildman–Crippen MR) is 142 cm³/mol. The largest absolute Gasteiger partial charge is 0.494 e. The van der Waals surface area contributed by atoms with E-state index in [1.54, 1.807) is 13.2 Å². The van der Waals surface area contributed by atoms with Gasteiger partial charge in [0.15, 0.2) is 11.5 Å². The van der Waals surface area contributed by atoms with Gasteiger partial charge in [-0.1, -0.05) is 35.9 Å². The molecular formula is C27H24BrClN2O5. The molecule has 3 aromatic rings. The van der Waals surface area contributed by atoms with E-state index in [2.05, 4.69) is 33.4 Å². The molecule has 2 aliphatic rings. The van der Waals surface area contributed by atoms with Gasteiger partial charge in [0.1, 0.15) is 12.4 Å². The standard InChI is InChI=1S/C27H24BrClN2O5/c1-34-23-13-18(31(32)33)12-21-19-4-3-5-20(19)25(30-26(21)23)16-10-22(28)27(24(11-16)35-2)36-14-15-6-8-17(29)9-7-15/h3-4,6-13,19-20,25,30H,5,14H2,1-2H3/t19-,20+,25+/m0/s1.